The highest BCUT2D eigenvalue weighted by Gasteiger charge is 2.18. The summed E-state index contributed by atoms with van der Waals surface area (Å²) in [6, 6.07) is 0. The van der Waals surface area contributed by atoms with Crippen LogP contribution in [0.4, 0.5) is 0 Å². The molecule has 0 saturated carbocycles. The summed E-state index contributed by atoms with van der Waals surface area (Å²) >= 11 is 0. The van der Waals surface area contributed by atoms with Crippen molar-refractivity contribution in [3.05, 3.63) is 12.2 Å². The molecular weight excluding hydrogens is 247 g/mol. The van der Waals surface area contributed by atoms with Gasteiger partial charge in [-0.15, -0.1) is 0 Å². The second-order valence-corrected chi connectivity index (χ2v) is 5.38. The fourth-order valence-corrected chi connectivity index (χ4v) is 1.64. The average Bonchev–Trinajstić information content (AvgIpc) is 2.13. The summed E-state index contributed by atoms with van der Waals surface area (Å²) in [5.41, 5.74) is 0.308. The third-order valence-corrected chi connectivity index (χ3v) is 2.58. The lowest BCUT2D eigenvalue weighted by atomic mass is 10.2. The van der Waals surface area contributed by atoms with E-state index < -0.39 is 25.5 Å². The summed E-state index contributed by atoms with van der Waals surface area (Å²) in [4.78, 5) is 39.1. The maximum Gasteiger partial charge on any atom is 0.333 e. The van der Waals surface area contributed by atoms with Gasteiger partial charge < -0.3 is 14.5 Å². The highest BCUT2D eigenvalue weighted by molar-refractivity contribution is 7.52. The van der Waals surface area contributed by atoms with E-state index in [4.69, 9.17) is 14.5 Å². The molecule has 0 saturated heterocycles. The number of ether oxygens (including phenoxy) is 1. The molecule has 0 heterocycles. The normalized spacial score (nSPS) is 11.0. The van der Waals surface area contributed by atoms with Crippen molar-refractivity contribution in [2.24, 2.45) is 0 Å². The molecule has 0 amide bonds. The fourth-order valence-electron chi connectivity index (χ4n) is 1.02. The summed E-state index contributed by atoms with van der Waals surface area (Å²) in [6.07, 6.45) is 0.266. The van der Waals surface area contributed by atoms with Crippen LogP contribution < -0.4 is 0 Å². The molecule has 7 heteroatoms. The van der Waals surface area contributed by atoms with Crippen molar-refractivity contribution in [3.63, 3.8) is 0 Å². The van der Waals surface area contributed by atoms with E-state index in [0.29, 0.717) is 18.4 Å². The monoisotopic (exact) mass is 264 g/mol. The highest BCUT2D eigenvalue weighted by Crippen LogP contribution is 2.34. The largest absolute Gasteiger partial charge is 0.462 e. The minimum absolute atomic E-state index is 0.0791. The van der Waals surface area contributed by atoms with E-state index >= 15 is 0 Å². The van der Waals surface area contributed by atoms with E-state index in [9.17, 15) is 14.2 Å². The number of hydrogen-bond donors (Lipinski definition) is 2. The van der Waals surface area contributed by atoms with E-state index in [1.165, 1.54) is 6.92 Å². The number of carbonyl (C=O) groups is 2. The van der Waals surface area contributed by atoms with Crippen molar-refractivity contribution in [3.8, 4) is 0 Å². The number of rotatable bonds is 8. The minimum atomic E-state index is -4.25. The van der Waals surface area contributed by atoms with Crippen LogP contribution in [0.25, 0.3) is 0 Å². The molecule has 0 aromatic rings. The summed E-state index contributed by atoms with van der Waals surface area (Å²) in [6.45, 7) is 5.12. The van der Waals surface area contributed by atoms with Gasteiger partial charge in [0.05, 0.1) is 6.61 Å². The molecule has 0 aliphatic rings. The maximum atomic E-state index is 11.0. The van der Waals surface area contributed by atoms with Crippen molar-refractivity contribution in [1.82, 2.24) is 0 Å². The van der Waals surface area contributed by atoms with Crippen LogP contribution in [0.3, 0.4) is 0 Å². The van der Waals surface area contributed by atoms with Crippen molar-refractivity contribution in [1.29, 1.82) is 0 Å². The standard InChI is InChI=1S/C10H17O6P/c1-8(2)10(12)16-6-4-3-5-9(11)7-17(13,14)15/h1,3-7H2,2H3,(H2,13,14,15). The number of unbranched alkanes of at least 4 members (excludes halogenated alkanes) is 1. The molecule has 2 N–H and O–H groups in total. The Bertz CT molecular complexity index is 343. The first-order valence-electron chi connectivity index (χ1n) is 5.11. The molecule has 17 heavy (non-hydrogen) atoms. The van der Waals surface area contributed by atoms with Gasteiger partial charge in [-0.25, -0.2) is 4.79 Å². The van der Waals surface area contributed by atoms with Crippen molar-refractivity contribution in [2.45, 2.75) is 26.2 Å². The second kappa shape index (κ2) is 7.37. The van der Waals surface area contributed by atoms with Crippen LogP contribution in [-0.2, 0) is 18.9 Å². The average molecular weight is 264 g/mol. The van der Waals surface area contributed by atoms with Gasteiger partial charge in [0.1, 0.15) is 11.9 Å². The van der Waals surface area contributed by atoms with Gasteiger partial charge in [0.25, 0.3) is 0 Å². The van der Waals surface area contributed by atoms with Crippen LogP contribution in [0.5, 0.6) is 0 Å². The molecule has 0 atom stereocenters. The van der Waals surface area contributed by atoms with Gasteiger partial charge in [-0.2, -0.15) is 0 Å². The van der Waals surface area contributed by atoms with E-state index in [1.807, 2.05) is 0 Å². The van der Waals surface area contributed by atoms with Gasteiger partial charge in [-0.1, -0.05) is 6.58 Å². The lowest BCUT2D eigenvalue weighted by Crippen LogP contribution is -2.08. The van der Waals surface area contributed by atoms with Crippen LogP contribution >= 0.6 is 7.60 Å². The Labute approximate surface area is 99.8 Å². The Kier molecular flexibility index (Phi) is 6.95. The molecule has 0 radical (unpaired) electrons. The van der Waals surface area contributed by atoms with Crippen LogP contribution in [0.2, 0.25) is 0 Å². The zero-order chi connectivity index (χ0) is 13.5. The molecule has 0 rings (SSSR count). The molecule has 98 valence electrons. The lowest BCUT2D eigenvalue weighted by Gasteiger charge is -2.04. The third-order valence-electron chi connectivity index (χ3n) is 1.81. The number of esters is 1. The molecule has 6 nitrogen and oxygen atoms in total. The Hall–Kier alpha value is -0.970. The van der Waals surface area contributed by atoms with E-state index in [0.717, 1.165) is 0 Å². The Morgan fingerprint density at radius 3 is 2.35 bits per heavy atom. The molecule has 0 bridgehead atoms. The number of ketones is 1. The first-order valence-corrected chi connectivity index (χ1v) is 6.91. The smallest absolute Gasteiger partial charge is 0.333 e. The van der Waals surface area contributed by atoms with Crippen molar-refractivity contribution < 1.29 is 28.7 Å². The molecule has 0 unspecified atom stereocenters. The SMILES string of the molecule is C=C(C)C(=O)OCCCCC(=O)CP(=O)(O)O. The van der Waals surface area contributed by atoms with E-state index in [2.05, 4.69) is 6.58 Å². The highest BCUT2D eigenvalue weighted by atomic mass is 31.2. The molecule has 0 aromatic carbocycles. The van der Waals surface area contributed by atoms with E-state index in [1.54, 1.807) is 0 Å². The summed E-state index contributed by atoms with van der Waals surface area (Å²) in [7, 11) is -4.25. The fraction of sp³-hybridized carbons (Fsp3) is 0.600. The van der Waals surface area contributed by atoms with Gasteiger partial charge in [0.15, 0.2) is 0 Å². The number of Topliss-reactive ketones (excluding diaryl/α,β-unsaturated/α-hetero) is 1. The molecule has 0 aliphatic carbocycles. The second-order valence-electron chi connectivity index (χ2n) is 3.73. The zero-order valence-electron chi connectivity index (χ0n) is 9.72. The van der Waals surface area contributed by atoms with Gasteiger partial charge in [0.2, 0.25) is 0 Å². The number of hydrogen-bond acceptors (Lipinski definition) is 4. The lowest BCUT2D eigenvalue weighted by molar-refractivity contribution is -0.139. The van der Waals surface area contributed by atoms with E-state index in [-0.39, 0.29) is 13.0 Å². The van der Waals surface area contributed by atoms with Crippen LogP contribution in [0.1, 0.15) is 26.2 Å². The van der Waals surface area contributed by atoms with Gasteiger partial charge in [-0.05, 0) is 19.8 Å². The predicted molar refractivity (Wildman–Crippen MR) is 61.5 cm³/mol. The first-order chi connectivity index (χ1) is 7.72. The molecular formula is C10H17O6P. The summed E-state index contributed by atoms with van der Waals surface area (Å²) in [5.74, 6) is -0.962. The molecule has 0 aliphatic heterocycles. The third kappa shape index (κ3) is 9.93. The van der Waals surface area contributed by atoms with Crippen molar-refractivity contribution >= 4 is 19.3 Å². The quantitative estimate of drug-likeness (QED) is 0.294. The maximum absolute atomic E-state index is 11.0. The predicted octanol–water partition coefficient (Wildman–Crippen LogP) is 1.02. The summed E-state index contributed by atoms with van der Waals surface area (Å²) < 4.78 is 15.3. The van der Waals surface area contributed by atoms with Crippen LogP contribution in [0, 0.1) is 0 Å². The van der Waals surface area contributed by atoms with Gasteiger partial charge in [0, 0.05) is 12.0 Å². The Morgan fingerprint density at radius 2 is 1.88 bits per heavy atom. The van der Waals surface area contributed by atoms with Crippen LogP contribution in [-0.4, -0.2) is 34.3 Å². The molecule has 0 fully saturated rings. The topological polar surface area (TPSA) is 101 Å². The molecule has 0 aromatic heterocycles. The Balaban J connectivity index is 3.59. The number of carbonyl (C=O) groups excluding carboxylic acids is 2. The Morgan fingerprint density at radius 1 is 1.29 bits per heavy atom. The van der Waals surface area contributed by atoms with Crippen LogP contribution in [0.15, 0.2) is 12.2 Å². The van der Waals surface area contributed by atoms with Gasteiger partial charge in [-0.3, -0.25) is 9.36 Å². The zero-order valence-corrected chi connectivity index (χ0v) is 10.6. The minimum Gasteiger partial charge on any atom is -0.462 e. The van der Waals surface area contributed by atoms with Crippen molar-refractivity contribution in [2.75, 3.05) is 12.8 Å². The summed E-state index contributed by atoms with van der Waals surface area (Å²) in [5, 5.41) is 0. The first kappa shape index (κ1) is 16.0. The molecule has 0 spiro atoms. The van der Waals surface area contributed by atoms with Gasteiger partial charge >= 0.3 is 13.6 Å².